The van der Waals surface area contributed by atoms with Crippen LogP contribution in [0.25, 0.3) is 0 Å². The number of nitrogens with zero attached hydrogens (tertiary/aromatic N) is 1. The fourth-order valence-corrected chi connectivity index (χ4v) is 1.08. The maximum Gasteiger partial charge on any atom is 0.116 e. The first kappa shape index (κ1) is 6.22. The number of H-pyrrole nitrogens is 1. The molecule has 1 aliphatic rings. The van der Waals surface area contributed by atoms with Gasteiger partial charge in [0.2, 0.25) is 0 Å². The second-order valence-electron chi connectivity index (χ2n) is 2.39. The summed E-state index contributed by atoms with van der Waals surface area (Å²) in [7, 11) is 0. The quantitative estimate of drug-likeness (QED) is 0.625. The molecule has 3 nitrogen and oxygen atoms in total. The average molecular weight is 147 g/mol. The van der Waals surface area contributed by atoms with Gasteiger partial charge in [0.15, 0.2) is 0 Å². The molecule has 2 heterocycles. The zero-order valence-corrected chi connectivity index (χ0v) is 5.99. The van der Waals surface area contributed by atoms with Crippen LogP contribution in [0.4, 0.5) is 0 Å². The van der Waals surface area contributed by atoms with Crippen LogP contribution >= 0.6 is 0 Å². The van der Waals surface area contributed by atoms with E-state index < -0.39 is 0 Å². The SMILES string of the molecule is C1=CC(c2ncc[nH]2)C=CN1. The second kappa shape index (κ2) is 2.62. The summed E-state index contributed by atoms with van der Waals surface area (Å²) in [6.45, 7) is 0. The van der Waals surface area contributed by atoms with Gasteiger partial charge in [-0.05, 0) is 12.4 Å². The first-order chi connectivity index (χ1) is 5.47. The molecule has 0 radical (unpaired) electrons. The zero-order chi connectivity index (χ0) is 7.52. The van der Waals surface area contributed by atoms with Crippen molar-refractivity contribution in [1.29, 1.82) is 0 Å². The van der Waals surface area contributed by atoms with Gasteiger partial charge in [0.25, 0.3) is 0 Å². The highest BCUT2D eigenvalue weighted by molar-refractivity contribution is 5.19. The minimum absolute atomic E-state index is 0.297. The molecule has 0 aliphatic carbocycles. The monoisotopic (exact) mass is 147 g/mol. The summed E-state index contributed by atoms with van der Waals surface area (Å²) in [5.74, 6) is 1.28. The Hall–Kier alpha value is -1.51. The van der Waals surface area contributed by atoms with E-state index in [1.54, 1.807) is 6.20 Å². The van der Waals surface area contributed by atoms with Crippen molar-refractivity contribution in [3.8, 4) is 0 Å². The van der Waals surface area contributed by atoms with Gasteiger partial charge >= 0.3 is 0 Å². The molecule has 0 fully saturated rings. The molecule has 0 atom stereocenters. The van der Waals surface area contributed by atoms with Crippen molar-refractivity contribution >= 4 is 0 Å². The summed E-state index contributed by atoms with van der Waals surface area (Å²) in [6.07, 6.45) is 11.5. The van der Waals surface area contributed by atoms with Gasteiger partial charge in [-0.3, -0.25) is 0 Å². The Bertz CT molecular complexity index is 260. The van der Waals surface area contributed by atoms with Gasteiger partial charge in [-0.1, -0.05) is 12.2 Å². The lowest BCUT2D eigenvalue weighted by Crippen LogP contribution is -2.03. The summed E-state index contributed by atoms with van der Waals surface area (Å²) < 4.78 is 0. The first-order valence-corrected chi connectivity index (χ1v) is 3.55. The van der Waals surface area contributed by atoms with E-state index in [0.29, 0.717) is 5.92 Å². The lowest BCUT2D eigenvalue weighted by Gasteiger charge is -2.07. The van der Waals surface area contributed by atoms with Crippen molar-refractivity contribution in [2.45, 2.75) is 5.92 Å². The predicted octanol–water partition coefficient (Wildman–Crippen LogP) is 1.12. The Balaban J connectivity index is 2.23. The second-order valence-corrected chi connectivity index (χ2v) is 2.39. The van der Waals surface area contributed by atoms with E-state index in [-0.39, 0.29) is 0 Å². The number of imidazole rings is 1. The number of allylic oxidation sites excluding steroid dienone is 2. The molecule has 0 bridgehead atoms. The summed E-state index contributed by atoms with van der Waals surface area (Å²) in [5.41, 5.74) is 0. The maximum absolute atomic E-state index is 4.15. The number of aromatic nitrogens is 2. The third kappa shape index (κ3) is 1.17. The highest BCUT2D eigenvalue weighted by Gasteiger charge is 2.06. The number of dihydropyridines is 1. The lowest BCUT2D eigenvalue weighted by atomic mass is 10.1. The molecule has 0 amide bonds. The zero-order valence-electron chi connectivity index (χ0n) is 5.99. The molecule has 0 saturated heterocycles. The molecular weight excluding hydrogens is 138 g/mol. The highest BCUT2D eigenvalue weighted by atomic mass is 14.9. The van der Waals surface area contributed by atoms with Crippen molar-refractivity contribution in [2.24, 2.45) is 0 Å². The van der Waals surface area contributed by atoms with E-state index in [1.807, 2.05) is 18.6 Å². The van der Waals surface area contributed by atoms with E-state index in [4.69, 9.17) is 0 Å². The first-order valence-electron chi connectivity index (χ1n) is 3.55. The van der Waals surface area contributed by atoms with E-state index in [0.717, 1.165) is 5.82 Å². The number of nitrogens with one attached hydrogen (secondary N) is 2. The van der Waals surface area contributed by atoms with Crippen molar-refractivity contribution in [1.82, 2.24) is 15.3 Å². The van der Waals surface area contributed by atoms with Gasteiger partial charge < -0.3 is 10.3 Å². The molecule has 56 valence electrons. The van der Waals surface area contributed by atoms with E-state index in [2.05, 4.69) is 27.4 Å². The molecule has 1 aromatic heterocycles. The van der Waals surface area contributed by atoms with E-state index in [9.17, 15) is 0 Å². The summed E-state index contributed by atoms with van der Waals surface area (Å²) >= 11 is 0. The van der Waals surface area contributed by atoms with Gasteiger partial charge in [0, 0.05) is 12.4 Å². The third-order valence-corrected chi connectivity index (χ3v) is 1.63. The Labute approximate surface area is 64.8 Å². The van der Waals surface area contributed by atoms with Crippen LogP contribution in [0.5, 0.6) is 0 Å². The van der Waals surface area contributed by atoms with Gasteiger partial charge in [-0.15, -0.1) is 0 Å². The van der Waals surface area contributed by atoms with E-state index in [1.165, 1.54) is 0 Å². The molecule has 2 rings (SSSR count). The van der Waals surface area contributed by atoms with Crippen LogP contribution in [-0.2, 0) is 0 Å². The molecule has 3 heteroatoms. The third-order valence-electron chi connectivity index (χ3n) is 1.63. The number of hydrogen-bond acceptors (Lipinski definition) is 2. The average Bonchev–Trinajstić information content (AvgIpc) is 2.58. The lowest BCUT2D eigenvalue weighted by molar-refractivity contribution is 0.910. The van der Waals surface area contributed by atoms with E-state index >= 15 is 0 Å². The topological polar surface area (TPSA) is 40.7 Å². The minimum Gasteiger partial charge on any atom is -0.368 e. The molecule has 0 unspecified atom stereocenters. The summed E-state index contributed by atoms with van der Waals surface area (Å²) in [5, 5.41) is 2.97. The molecule has 1 aliphatic heterocycles. The van der Waals surface area contributed by atoms with Gasteiger partial charge in [0.1, 0.15) is 5.82 Å². The van der Waals surface area contributed by atoms with Gasteiger partial charge in [0.05, 0.1) is 5.92 Å². The Morgan fingerprint density at radius 2 is 2.09 bits per heavy atom. The fraction of sp³-hybridized carbons (Fsp3) is 0.125. The van der Waals surface area contributed by atoms with Crippen LogP contribution in [0.1, 0.15) is 11.7 Å². The predicted molar refractivity (Wildman–Crippen MR) is 42.7 cm³/mol. The number of aromatic amines is 1. The smallest absolute Gasteiger partial charge is 0.116 e. The van der Waals surface area contributed by atoms with Gasteiger partial charge in [-0.25, -0.2) is 4.98 Å². The van der Waals surface area contributed by atoms with Crippen LogP contribution in [-0.4, -0.2) is 9.97 Å². The normalized spacial score (nSPS) is 16.7. The molecular formula is C8H9N3. The largest absolute Gasteiger partial charge is 0.368 e. The van der Waals surface area contributed by atoms with Crippen LogP contribution in [0.2, 0.25) is 0 Å². The maximum atomic E-state index is 4.15. The molecule has 0 aromatic carbocycles. The number of hydrogen-bond donors (Lipinski definition) is 2. The van der Waals surface area contributed by atoms with Crippen LogP contribution in [0.3, 0.4) is 0 Å². The van der Waals surface area contributed by atoms with Crippen molar-refractivity contribution < 1.29 is 0 Å². The Morgan fingerprint density at radius 1 is 1.27 bits per heavy atom. The van der Waals surface area contributed by atoms with Crippen molar-refractivity contribution in [3.05, 3.63) is 42.8 Å². The van der Waals surface area contributed by atoms with Gasteiger partial charge in [-0.2, -0.15) is 0 Å². The fourth-order valence-electron chi connectivity index (χ4n) is 1.08. The molecule has 0 saturated carbocycles. The molecule has 11 heavy (non-hydrogen) atoms. The molecule has 1 aromatic rings. The summed E-state index contributed by atoms with van der Waals surface area (Å²) in [4.78, 5) is 7.22. The van der Waals surface area contributed by atoms with Crippen molar-refractivity contribution in [3.63, 3.8) is 0 Å². The minimum atomic E-state index is 0.297. The molecule has 0 spiro atoms. The molecule has 2 N–H and O–H groups in total. The Kier molecular flexibility index (Phi) is 1.48. The standard InChI is InChI=1S/C8H9N3/c1-3-9-4-2-7(1)8-10-5-6-11-8/h1-7,9H,(H,10,11). The van der Waals surface area contributed by atoms with Crippen LogP contribution in [0.15, 0.2) is 36.9 Å². The van der Waals surface area contributed by atoms with Crippen LogP contribution in [0, 0.1) is 0 Å². The summed E-state index contributed by atoms with van der Waals surface area (Å²) in [6, 6.07) is 0. The number of rotatable bonds is 1. The highest BCUT2D eigenvalue weighted by Crippen LogP contribution is 2.15. The van der Waals surface area contributed by atoms with Crippen LogP contribution < -0.4 is 5.32 Å². The van der Waals surface area contributed by atoms with Crippen molar-refractivity contribution in [2.75, 3.05) is 0 Å². The Morgan fingerprint density at radius 3 is 2.73 bits per heavy atom.